The molecule has 0 saturated carbocycles. The Bertz CT molecular complexity index is 581. The number of hydrogen-bond donors (Lipinski definition) is 2. The molecule has 0 aliphatic carbocycles. The predicted molar refractivity (Wildman–Crippen MR) is 73.2 cm³/mol. The predicted octanol–water partition coefficient (Wildman–Crippen LogP) is 0.299. The Hall–Kier alpha value is -1.38. The van der Waals surface area contributed by atoms with Crippen molar-refractivity contribution in [2.75, 3.05) is 6.54 Å². The number of aliphatic carboxylic acids is 1. The molecule has 1 aliphatic heterocycles. The zero-order valence-electron chi connectivity index (χ0n) is 11.3. The van der Waals surface area contributed by atoms with Crippen LogP contribution in [0.3, 0.4) is 0 Å². The van der Waals surface area contributed by atoms with Gasteiger partial charge in [-0.15, -0.1) is 0 Å². The van der Waals surface area contributed by atoms with Gasteiger partial charge in [-0.05, 0) is 30.9 Å². The topological polar surface area (TPSA) is 91.6 Å². The maximum atomic E-state index is 12.2. The van der Waals surface area contributed by atoms with Gasteiger partial charge < -0.3 is 9.67 Å². The first-order chi connectivity index (χ1) is 9.40. The molecule has 1 aliphatic rings. The van der Waals surface area contributed by atoms with Crippen molar-refractivity contribution < 1.29 is 18.3 Å². The molecule has 112 valence electrons. The lowest BCUT2D eigenvalue weighted by atomic mass is 10.1. The van der Waals surface area contributed by atoms with Crippen LogP contribution in [0, 0.1) is 0 Å². The Kier molecular flexibility index (Phi) is 4.46. The van der Waals surface area contributed by atoms with Gasteiger partial charge in [0.05, 0.1) is 0 Å². The summed E-state index contributed by atoms with van der Waals surface area (Å²) < 4.78 is 29.8. The van der Waals surface area contributed by atoms with Crippen LogP contribution in [0.4, 0.5) is 0 Å². The second-order valence-corrected chi connectivity index (χ2v) is 6.68. The van der Waals surface area contributed by atoms with E-state index < -0.39 is 22.2 Å². The summed E-state index contributed by atoms with van der Waals surface area (Å²) in [4.78, 5) is 11.2. The number of nitrogens with one attached hydrogen (secondary N) is 1. The van der Waals surface area contributed by atoms with Crippen LogP contribution in [0.5, 0.6) is 0 Å². The first-order valence-electron chi connectivity index (χ1n) is 6.50. The monoisotopic (exact) mass is 301 g/mol. The van der Waals surface area contributed by atoms with Crippen molar-refractivity contribution >= 4 is 16.2 Å². The number of aryl methyl sites for hydroxylation is 1. The average molecular weight is 301 g/mol. The van der Waals surface area contributed by atoms with Gasteiger partial charge in [0, 0.05) is 32.5 Å². The molecule has 2 heterocycles. The molecule has 0 aromatic carbocycles. The van der Waals surface area contributed by atoms with Crippen LogP contribution in [0.1, 0.15) is 24.8 Å². The van der Waals surface area contributed by atoms with Gasteiger partial charge in [0.25, 0.3) is 10.2 Å². The minimum atomic E-state index is -3.77. The third-order valence-electron chi connectivity index (χ3n) is 3.40. The number of carbonyl (C=O) groups is 1. The van der Waals surface area contributed by atoms with Gasteiger partial charge in [-0.2, -0.15) is 17.4 Å². The Morgan fingerprint density at radius 2 is 2.25 bits per heavy atom. The minimum absolute atomic E-state index is 0.159. The number of hydrogen-bond acceptors (Lipinski definition) is 3. The second kappa shape index (κ2) is 5.94. The minimum Gasteiger partial charge on any atom is -0.480 e. The molecule has 1 unspecified atom stereocenters. The van der Waals surface area contributed by atoms with Gasteiger partial charge in [0.15, 0.2) is 0 Å². The van der Waals surface area contributed by atoms with E-state index in [1.54, 1.807) is 0 Å². The van der Waals surface area contributed by atoms with E-state index in [0.717, 1.165) is 16.3 Å². The molecule has 20 heavy (non-hydrogen) atoms. The maximum Gasteiger partial charge on any atom is 0.322 e. The Balaban J connectivity index is 2.06. The molecule has 0 bridgehead atoms. The van der Waals surface area contributed by atoms with Crippen LogP contribution in [0.2, 0.25) is 0 Å². The van der Waals surface area contributed by atoms with E-state index in [1.807, 2.05) is 30.1 Å². The van der Waals surface area contributed by atoms with Crippen LogP contribution in [-0.2, 0) is 28.6 Å². The zero-order chi connectivity index (χ0) is 14.8. The molecule has 0 radical (unpaired) electrons. The Morgan fingerprint density at radius 3 is 2.85 bits per heavy atom. The summed E-state index contributed by atoms with van der Waals surface area (Å²) in [7, 11) is -1.92. The lowest BCUT2D eigenvalue weighted by Crippen LogP contribution is -2.51. The number of piperidine rings is 1. The van der Waals surface area contributed by atoms with Gasteiger partial charge in [-0.25, -0.2) is 0 Å². The molecule has 7 nitrogen and oxygen atoms in total. The van der Waals surface area contributed by atoms with Gasteiger partial charge in [0.2, 0.25) is 0 Å². The van der Waals surface area contributed by atoms with Crippen molar-refractivity contribution in [3.05, 3.63) is 24.0 Å². The number of carboxylic acids is 1. The fourth-order valence-corrected chi connectivity index (χ4v) is 3.78. The van der Waals surface area contributed by atoms with Gasteiger partial charge in [-0.1, -0.05) is 0 Å². The summed E-state index contributed by atoms with van der Waals surface area (Å²) in [6, 6.07) is 0.852. The molecule has 1 atom stereocenters. The zero-order valence-corrected chi connectivity index (χ0v) is 12.1. The molecule has 0 amide bonds. The van der Waals surface area contributed by atoms with Crippen molar-refractivity contribution in [2.24, 2.45) is 7.05 Å². The quantitative estimate of drug-likeness (QED) is 0.818. The molecule has 1 aromatic rings. The molecule has 2 N–H and O–H groups in total. The van der Waals surface area contributed by atoms with Gasteiger partial charge in [-0.3, -0.25) is 4.79 Å². The molecule has 1 aromatic heterocycles. The first kappa shape index (κ1) is 15.0. The normalized spacial score (nSPS) is 20.9. The first-order valence-corrected chi connectivity index (χ1v) is 7.94. The van der Waals surface area contributed by atoms with Crippen LogP contribution in [0.25, 0.3) is 0 Å². The molecule has 0 spiro atoms. The van der Waals surface area contributed by atoms with Crippen LogP contribution in [0.15, 0.2) is 18.5 Å². The van der Waals surface area contributed by atoms with E-state index in [-0.39, 0.29) is 13.1 Å². The summed E-state index contributed by atoms with van der Waals surface area (Å²) >= 11 is 0. The number of aromatic nitrogens is 1. The molecular weight excluding hydrogens is 282 g/mol. The van der Waals surface area contributed by atoms with Crippen molar-refractivity contribution in [3.63, 3.8) is 0 Å². The lowest BCUT2D eigenvalue weighted by Gasteiger charge is -2.31. The molecule has 1 fully saturated rings. The van der Waals surface area contributed by atoms with Crippen molar-refractivity contribution in [3.8, 4) is 0 Å². The number of rotatable bonds is 5. The standard InChI is InChI=1S/C12H19N3O4S/c1-14-7-5-10(9-14)8-13-20(18,19)15-6-3-2-4-11(15)12(16)17/h5,7,9,11,13H,2-4,6,8H2,1H3,(H,16,17). The Labute approximate surface area is 118 Å². The van der Waals surface area contributed by atoms with E-state index in [4.69, 9.17) is 5.11 Å². The highest BCUT2D eigenvalue weighted by atomic mass is 32.2. The lowest BCUT2D eigenvalue weighted by molar-refractivity contribution is -0.142. The highest BCUT2D eigenvalue weighted by Gasteiger charge is 2.36. The van der Waals surface area contributed by atoms with Crippen molar-refractivity contribution in [1.29, 1.82) is 0 Å². The number of nitrogens with zero attached hydrogens (tertiary/aromatic N) is 2. The smallest absolute Gasteiger partial charge is 0.322 e. The van der Waals surface area contributed by atoms with Crippen molar-refractivity contribution in [2.45, 2.75) is 31.8 Å². The summed E-state index contributed by atoms with van der Waals surface area (Å²) in [5, 5.41) is 9.12. The van der Waals surface area contributed by atoms with E-state index >= 15 is 0 Å². The average Bonchev–Trinajstić information content (AvgIpc) is 2.82. The third-order valence-corrected chi connectivity index (χ3v) is 4.96. The molecule has 8 heteroatoms. The molecule has 1 saturated heterocycles. The van der Waals surface area contributed by atoms with Crippen LogP contribution < -0.4 is 4.72 Å². The van der Waals surface area contributed by atoms with E-state index in [0.29, 0.717) is 12.8 Å². The third kappa shape index (κ3) is 3.38. The molecular formula is C12H19N3O4S. The fraction of sp³-hybridized carbons (Fsp3) is 0.583. The highest BCUT2D eigenvalue weighted by molar-refractivity contribution is 7.87. The maximum absolute atomic E-state index is 12.2. The Morgan fingerprint density at radius 1 is 1.50 bits per heavy atom. The summed E-state index contributed by atoms with van der Waals surface area (Å²) in [5.74, 6) is -1.09. The molecule has 2 rings (SSSR count). The van der Waals surface area contributed by atoms with Gasteiger partial charge >= 0.3 is 5.97 Å². The largest absolute Gasteiger partial charge is 0.480 e. The highest BCUT2D eigenvalue weighted by Crippen LogP contribution is 2.20. The summed E-state index contributed by atoms with van der Waals surface area (Å²) in [5.41, 5.74) is 0.833. The van der Waals surface area contributed by atoms with Gasteiger partial charge in [0.1, 0.15) is 6.04 Å². The van der Waals surface area contributed by atoms with Crippen LogP contribution in [-0.4, -0.2) is 41.0 Å². The second-order valence-electron chi connectivity index (χ2n) is 4.97. The van der Waals surface area contributed by atoms with E-state index in [1.165, 1.54) is 0 Å². The van der Waals surface area contributed by atoms with Crippen molar-refractivity contribution in [1.82, 2.24) is 13.6 Å². The fourth-order valence-electron chi connectivity index (χ4n) is 2.36. The van der Waals surface area contributed by atoms with Crippen LogP contribution >= 0.6 is 0 Å². The van der Waals surface area contributed by atoms with E-state index in [9.17, 15) is 13.2 Å². The summed E-state index contributed by atoms with van der Waals surface area (Å²) in [6.45, 7) is 0.410. The number of carboxylic acid groups (broad SMARTS) is 1. The SMILES string of the molecule is Cn1ccc(CNS(=O)(=O)N2CCCCC2C(=O)O)c1. The summed E-state index contributed by atoms with van der Waals surface area (Å²) in [6.07, 6.45) is 5.43. The van der Waals surface area contributed by atoms with E-state index in [2.05, 4.69) is 4.72 Å².